The van der Waals surface area contributed by atoms with Crippen molar-refractivity contribution < 1.29 is 8.42 Å². The molecule has 2 aromatic rings. The van der Waals surface area contributed by atoms with Crippen LogP contribution >= 0.6 is 15.9 Å². The van der Waals surface area contributed by atoms with Crippen LogP contribution in [-0.2, 0) is 10.0 Å². The quantitative estimate of drug-likeness (QED) is 0.870. The molecule has 0 bridgehead atoms. The molecule has 1 aliphatic heterocycles. The van der Waals surface area contributed by atoms with Crippen LogP contribution < -0.4 is 5.73 Å². The number of hydrogen-bond donors (Lipinski definition) is 1. The second kappa shape index (κ2) is 6.36. The van der Waals surface area contributed by atoms with E-state index in [2.05, 4.69) is 15.9 Å². The molecule has 122 valence electrons. The average molecular weight is 395 g/mol. The van der Waals surface area contributed by atoms with Crippen LogP contribution in [-0.4, -0.2) is 31.9 Å². The summed E-state index contributed by atoms with van der Waals surface area (Å²) in [6, 6.07) is 14.9. The van der Waals surface area contributed by atoms with Gasteiger partial charge in [-0.2, -0.15) is 4.31 Å². The molecule has 0 radical (unpaired) electrons. The molecule has 3 rings (SSSR count). The molecule has 2 aromatic carbocycles. The summed E-state index contributed by atoms with van der Waals surface area (Å²) in [6.07, 6.45) is 0. The normalized spacial score (nSPS) is 22.4. The third-order valence-electron chi connectivity index (χ3n) is 4.40. The lowest BCUT2D eigenvalue weighted by molar-refractivity contribution is 0.469. The molecular weight excluding hydrogens is 376 g/mol. The van der Waals surface area contributed by atoms with Gasteiger partial charge in [0.25, 0.3) is 0 Å². The molecule has 23 heavy (non-hydrogen) atoms. The van der Waals surface area contributed by atoms with E-state index in [0.29, 0.717) is 18.0 Å². The van der Waals surface area contributed by atoms with E-state index in [-0.39, 0.29) is 12.0 Å². The Labute approximate surface area is 145 Å². The summed E-state index contributed by atoms with van der Waals surface area (Å²) < 4.78 is 28.3. The minimum atomic E-state index is -3.54. The molecule has 0 aromatic heterocycles. The van der Waals surface area contributed by atoms with Crippen LogP contribution in [0.1, 0.15) is 17.0 Å². The second-order valence-corrected chi connectivity index (χ2v) is 8.63. The van der Waals surface area contributed by atoms with E-state index in [1.807, 2.05) is 43.3 Å². The van der Waals surface area contributed by atoms with Gasteiger partial charge in [-0.05, 0) is 30.2 Å². The lowest BCUT2D eigenvalue weighted by atomic mass is 9.95. The summed E-state index contributed by atoms with van der Waals surface area (Å²) in [5.74, 6) is 0.0263. The minimum absolute atomic E-state index is 0.0263. The number of nitrogens with two attached hydrogens (primary N) is 1. The fourth-order valence-electron chi connectivity index (χ4n) is 3.05. The maximum absolute atomic E-state index is 13.0. The molecule has 4 nitrogen and oxygen atoms in total. The highest BCUT2D eigenvalue weighted by Crippen LogP contribution is 2.32. The molecule has 2 N–H and O–H groups in total. The molecule has 0 amide bonds. The van der Waals surface area contributed by atoms with Crippen LogP contribution in [0.2, 0.25) is 0 Å². The van der Waals surface area contributed by atoms with Gasteiger partial charge in [-0.3, -0.25) is 0 Å². The second-order valence-electron chi connectivity index (χ2n) is 5.87. The predicted molar refractivity (Wildman–Crippen MR) is 94.8 cm³/mol. The van der Waals surface area contributed by atoms with Gasteiger partial charge in [-0.1, -0.05) is 52.3 Å². The van der Waals surface area contributed by atoms with Gasteiger partial charge in [0, 0.05) is 29.5 Å². The maximum Gasteiger partial charge on any atom is 0.243 e. The standard InChI is InChI=1S/C17H19BrN2O2S/c1-12-15(18)8-5-9-17(12)23(21,22)20-10-14(16(19)11-20)13-6-3-2-4-7-13/h2-9,14,16H,10-11,19H2,1H3/t14-,16+/m0/s1. The van der Waals surface area contributed by atoms with Crippen LogP contribution in [0.15, 0.2) is 57.9 Å². The van der Waals surface area contributed by atoms with Crippen LogP contribution in [0, 0.1) is 6.92 Å². The van der Waals surface area contributed by atoms with Gasteiger partial charge in [-0.25, -0.2) is 8.42 Å². The van der Waals surface area contributed by atoms with Crippen molar-refractivity contribution in [2.75, 3.05) is 13.1 Å². The van der Waals surface area contributed by atoms with E-state index in [9.17, 15) is 8.42 Å². The van der Waals surface area contributed by atoms with Crippen molar-refractivity contribution in [1.29, 1.82) is 0 Å². The lowest BCUT2D eigenvalue weighted by Crippen LogP contribution is -2.32. The monoisotopic (exact) mass is 394 g/mol. The van der Waals surface area contributed by atoms with Gasteiger partial charge in [0.2, 0.25) is 10.0 Å². The average Bonchev–Trinajstić information content (AvgIpc) is 2.93. The summed E-state index contributed by atoms with van der Waals surface area (Å²) in [6.45, 7) is 2.56. The van der Waals surface area contributed by atoms with E-state index in [0.717, 1.165) is 15.6 Å². The largest absolute Gasteiger partial charge is 0.326 e. The van der Waals surface area contributed by atoms with Gasteiger partial charge >= 0.3 is 0 Å². The van der Waals surface area contributed by atoms with Crippen LogP contribution in [0.4, 0.5) is 0 Å². The third kappa shape index (κ3) is 3.08. The van der Waals surface area contributed by atoms with Crippen molar-refractivity contribution in [2.24, 2.45) is 5.73 Å². The first-order valence-electron chi connectivity index (χ1n) is 7.47. The molecule has 0 spiro atoms. The Bertz CT molecular complexity index is 809. The molecule has 2 atom stereocenters. The molecule has 0 saturated carbocycles. The predicted octanol–water partition coefficient (Wildman–Crippen LogP) is 2.87. The van der Waals surface area contributed by atoms with Crippen molar-refractivity contribution in [3.8, 4) is 0 Å². The Hall–Kier alpha value is -1.21. The number of rotatable bonds is 3. The Morgan fingerprint density at radius 1 is 1.09 bits per heavy atom. The van der Waals surface area contributed by atoms with Crippen molar-refractivity contribution in [3.05, 3.63) is 64.1 Å². The van der Waals surface area contributed by atoms with Crippen molar-refractivity contribution in [1.82, 2.24) is 4.31 Å². The summed E-state index contributed by atoms with van der Waals surface area (Å²) in [4.78, 5) is 0.341. The smallest absolute Gasteiger partial charge is 0.243 e. The summed E-state index contributed by atoms with van der Waals surface area (Å²) in [5.41, 5.74) is 8.04. The summed E-state index contributed by atoms with van der Waals surface area (Å²) in [7, 11) is -3.54. The van der Waals surface area contributed by atoms with E-state index < -0.39 is 10.0 Å². The van der Waals surface area contributed by atoms with Crippen LogP contribution in [0.25, 0.3) is 0 Å². The number of halogens is 1. The van der Waals surface area contributed by atoms with E-state index in [4.69, 9.17) is 5.73 Å². The highest BCUT2D eigenvalue weighted by Gasteiger charge is 2.38. The van der Waals surface area contributed by atoms with Gasteiger partial charge < -0.3 is 5.73 Å². The first-order chi connectivity index (χ1) is 10.9. The van der Waals surface area contributed by atoms with Crippen molar-refractivity contribution in [2.45, 2.75) is 23.8 Å². The van der Waals surface area contributed by atoms with Gasteiger partial charge in [0.1, 0.15) is 0 Å². The van der Waals surface area contributed by atoms with Crippen LogP contribution in [0.3, 0.4) is 0 Å². The number of benzene rings is 2. The summed E-state index contributed by atoms with van der Waals surface area (Å²) in [5, 5.41) is 0. The zero-order valence-corrected chi connectivity index (χ0v) is 15.2. The minimum Gasteiger partial charge on any atom is -0.326 e. The Balaban J connectivity index is 1.92. The molecule has 1 saturated heterocycles. The maximum atomic E-state index is 13.0. The van der Waals surface area contributed by atoms with Gasteiger partial charge in [0.15, 0.2) is 0 Å². The van der Waals surface area contributed by atoms with Gasteiger partial charge in [-0.15, -0.1) is 0 Å². The molecular formula is C17H19BrN2O2S. The van der Waals surface area contributed by atoms with E-state index in [1.54, 1.807) is 12.1 Å². The molecule has 0 unspecified atom stereocenters. The van der Waals surface area contributed by atoms with E-state index in [1.165, 1.54) is 4.31 Å². The molecule has 1 aliphatic rings. The van der Waals surface area contributed by atoms with Crippen molar-refractivity contribution in [3.63, 3.8) is 0 Å². The molecule has 1 heterocycles. The molecule has 0 aliphatic carbocycles. The number of nitrogens with zero attached hydrogens (tertiary/aromatic N) is 1. The Morgan fingerprint density at radius 3 is 2.48 bits per heavy atom. The molecule has 1 fully saturated rings. The zero-order valence-electron chi connectivity index (χ0n) is 12.8. The first-order valence-corrected chi connectivity index (χ1v) is 9.70. The number of hydrogen-bond acceptors (Lipinski definition) is 3. The lowest BCUT2D eigenvalue weighted by Gasteiger charge is -2.18. The van der Waals surface area contributed by atoms with Crippen molar-refractivity contribution >= 4 is 26.0 Å². The highest BCUT2D eigenvalue weighted by molar-refractivity contribution is 9.10. The zero-order chi connectivity index (χ0) is 16.6. The first kappa shape index (κ1) is 16.6. The van der Waals surface area contributed by atoms with Gasteiger partial charge in [0.05, 0.1) is 4.90 Å². The molecule has 6 heteroatoms. The SMILES string of the molecule is Cc1c(Br)cccc1S(=O)(=O)N1C[C@@H](N)[C@H](c2ccccc2)C1. The van der Waals surface area contributed by atoms with Crippen LogP contribution in [0.5, 0.6) is 0 Å². The Morgan fingerprint density at radius 2 is 1.78 bits per heavy atom. The fraction of sp³-hybridized carbons (Fsp3) is 0.294. The third-order valence-corrected chi connectivity index (χ3v) is 7.23. The Kier molecular flexibility index (Phi) is 4.60. The van der Waals surface area contributed by atoms with E-state index >= 15 is 0 Å². The fourth-order valence-corrected chi connectivity index (χ4v) is 5.30. The number of sulfonamides is 1. The summed E-state index contributed by atoms with van der Waals surface area (Å²) >= 11 is 3.40. The topological polar surface area (TPSA) is 63.4 Å². The highest BCUT2D eigenvalue weighted by atomic mass is 79.9.